The summed E-state index contributed by atoms with van der Waals surface area (Å²) in [7, 11) is 0. The number of amides is 1. The maximum absolute atomic E-state index is 12.1. The van der Waals surface area contributed by atoms with Gasteiger partial charge in [-0.25, -0.2) is 0 Å². The molecule has 0 saturated carbocycles. The van der Waals surface area contributed by atoms with Gasteiger partial charge in [0.05, 0.1) is 11.0 Å². The number of aryl methyl sites for hydroxylation is 2. The molecule has 0 spiro atoms. The summed E-state index contributed by atoms with van der Waals surface area (Å²) < 4.78 is 0. The van der Waals surface area contributed by atoms with E-state index in [1.54, 1.807) is 18.3 Å². The van der Waals surface area contributed by atoms with Crippen molar-refractivity contribution >= 4 is 17.2 Å². The fraction of sp³-hybridized carbons (Fsp3) is 0.667. The van der Waals surface area contributed by atoms with Crippen LogP contribution in [0.1, 0.15) is 53.7 Å². The summed E-state index contributed by atoms with van der Waals surface area (Å²) in [6.45, 7) is 6.51. The molecule has 1 aromatic rings. The number of fused-ring (bicyclic) bond motifs is 1. The van der Waals surface area contributed by atoms with Crippen LogP contribution in [0.3, 0.4) is 0 Å². The topological polar surface area (TPSA) is 49.3 Å². The molecule has 1 aliphatic rings. The number of thiophene rings is 1. The van der Waals surface area contributed by atoms with E-state index in [0.717, 1.165) is 17.7 Å². The van der Waals surface area contributed by atoms with Gasteiger partial charge in [0.15, 0.2) is 0 Å². The summed E-state index contributed by atoms with van der Waals surface area (Å²) in [5, 5.41) is 12.4. The largest absolute Gasteiger partial charge is 0.393 e. The van der Waals surface area contributed by atoms with Crippen molar-refractivity contribution in [1.82, 2.24) is 5.32 Å². The lowest BCUT2D eigenvalue weighted by Crippen LogP contribution is -2.35. The van der Waals surface area contributed by atoms with E-state index in [0.29, 0.717) is 13.0 Å². The van der Waals surface area contributed by atoms with Crippen molar-refractivity contribution in [2.45, 2.75) is 52.6 Å². The van der Waals surface area contributed by atoms with Gasteiger partial charge >= 0.3 is 0 Å². The van der Waals surface area contributed by atoms with Gasteiger partial charge in [-0.2, -0.15) is 0 Å². The fourth-order valence-corrected chi connectivity index (χ4v) is 3.89. The molecule has 0 saturated heterocycles. The van der Waals surface area contributed by atoms with Crippen LogP contribution in [0.15, 0.2) is 6.07 Å². The van der Waals surface area contributed by atoms with Crippen LogP contribution in [0.25, 0.3) is 0 Å². The van der Waals surface area contributed by atoms with E-state index in [1.165, 1.54) is 16.9 Å². The van der Waals surface area contributed by atoms with Crippen LogP contribution in [0.4, 0.5) is 0 Å². The first kappa shape index (κ1) is 14.5. The summed E-state index contributed by atoms with van der Waals surface area (Å²) in [6, 6.07) is 2.05. The number of aliphatic hydroxyl groups is 1. The van der Waals surface area contributed by atoms with Gasteiger partial charge in [0.25, 0.3) is 5.91 Å². The Morgan fingerprint density at radius 2 is 2.26 bits per heavy atom. The average Bonchev–Trinajstić information content (AvgIpc) is 2.83. The zero-order chi connectivity index (χ0) is 14.0. The molecule has 0 aromatic carbocycles. The molecule has 1 heterocycles. The van der Waals surface area contributed by atoms with Gasteiger partial charge < -0.3 is 10.4 Å². The summed E-state index contributed by atoms with van der Waals surface area (Å²) in [6.07, 6.45) is 3.82. The van der Waals surface area contributed by atoms with Gasteiger partial charge in [0.2, 0.25) is 0 Å². The number of rotatable bonds is 5. The molecule has 4 heteroatoms. The van der Waals surface area contributed by atoms with Crippen LogP contribution >= 0.6 is 11.3 Å². The Hall–Kier alpha value is -0.870. The van der Waals surface area contributed by atoms with Crippen molar-refractivity contribution in [2.75, 3.05) is 6.54 Å². The van der Waals surface area contributed by atoms with Gasteiger partial charge in [-0.1, -0.05) is 13.8 Å². The number of carbonyl (C=O) groups excluding carboxylic acids is 1. The third kappa shape index (κ3) is 3.80. The normalized spacial score (nSPS) is 16.2. The lowest BCUT2D eigenvalue weighted by atomic mass is 9.87. The number of hydrogen-bond acceptors (Lipinski definition) is 3. The molecule has 1 unspecified atom stereocenters. The van der Waals surface area contributed by atoms with Crippen molar-refractivity contribution in [1.29, 1.82) is 0 Å². The van der Waals surface area contributed by atoms with Crippen molar-refractivity contribution in [2.24, 2.45) is 5.41 Å². The summed E-state index contributed by atoms with van der Waals surface area (Å²) in [5.41, 5.74) is 1.28. The Morgan fingerprint density at radius 3 is 2.89 bits per heavy atom. The van der Waals surface area contributed by atoms with Crippen LogP contribution in [0, 0.1) is 5.41 Å². The lowest BCUT2D eigenvalue weighted by molar-refractivity contribution is 0.0906. The number of nitrogens with one attached hydrogen (secondary N) is 1. The number of hydrogen-bond donors (Lipinski definition) is 2. The lowest BCUT2D eigenvalue weighted by Gasteiger charge is -2.26. The van der Waals surface area contributed by atoms with E-state index in [1.807, 2.05) is 6.07 Å². The van der Waals surface area contributed by atoms with Crippen LogP contribution in [-0.2, 0) is 12.8 Å². The van der Waals surface area contributed by atoms with Gasteiger partial charge in [0, 0.05) is 11.4 Å². The molecular weight excluding hydrogens is 258 g/mol. The highest BCUT2D eigenvalue weighted by Gasteiger charge is 2.23. The van der Waals surface area contributed by atoms with Crippen molar-refractivity contribution in [3.63, 3.8) is 0 Å². The van der Waals surface area contributed by atoms with E-state index in [-0.39, 0.29) is 17.4 Å². The molecule has 19 heavy (non-hydrogen) atoms. The molecule has 0 radical (unpaired) electrons. The average molecular weight is 281 g/mol. The number of carbonyl (C=O) groups is 1. The highest BCUT2D eigenvalue weighted by molar-refractivity contribution is 7.14. The van der Waals surface area contributed by atoms with E-state index < -0.39 is 0 Å². The van der Waals surface area contributed by atoms with Gasteiger partial charge in [-0.15, -0.1) is 11.3 Å². The Balaban J connectivity index is 1.90. The predicted molar refractivity (Wildman–Crippen MR) is 78.8 cm³/mol. The Kier molecular flexibility index (Phi) is 4.31. The molecule has 1 atom stereocenters. The minimum atomic E-state index is -0.336. The Labute approximate surface area is 119 Å². The maximum atomic E-state index is 12.1. The van der Waals surface area contributed by atoms with E-state index in [4.69, 9.17) is 0 Å². The first-order valence-electron chi connectivity index (χ1n) is 6.95. The van der Waals surface area contributed by atoms with Gasteiger partial charge in [-0.3, -0.25) is 4.79 Å². The highest BCUT2D eigenvalue weighted by atomic mass is 32.1. The molecule has 2 rings (SSSR count). The molecule has 1 aromatic heterocycles. The monoisotopic (exact) mass is 281 g/mol. The first-order valence-corrected chi connectivity index (χ1v) is 7.77. The van der Waals surface area contributed by atoms with Crippen molar-refractivity contribution in [3.05, 3.63) is 21.4 Å². The Morgan fingerprint density at radius 1 is 1.53 bits per heavy atom. The SMILES string of the molecule is CC(O)CC(C)(C)CNC(=O)c1cc2c(s1)CCC2. The summed E-state index contributed by atoms with van der Waals surface area (Å²) >= 11 is 1.63. The van der Waals surface area contributed by atoms with Crippen LogP contribution in [0.2, 0.25) is 0 Å². The van der Waals surface area contributed by atoms with E-state index in [9.17, 15) is 9.90 Å². The number of aliphatic hydroxyl groups excluding tert-OH is 1. The maximum Gasteiger partial charge on any atom is 0.261 e. The highest BCUT2D eigenvalue weighted by Crippen LogP contribution is 2.30. The van der Waals surface area contributed by atoms with Crippen molar-refractivity contribution in [3.8, 4) is 0 Å². The van der Waals surface area contributed by atoms with Crippen LogP contribution in [-0.4, -0.2) is 23.7 Å². The second-order valence-electron chi connectivity index (χ2n) is 6.31. The van der Waals surface area contributed by atoms with E-state index >= 15 is 0 Å². The first-order chi connectivity index (χ1) is 8.87. The van der Waals surface area contributed by atoms with Crippen LogP contribution in [0.5, 0.6) is 0 Å². The molecule has 3 nitrogen and oxygen atoms in total. The summed E-state index contributed by atoms with van der Waals surface area (Å²) in [5.74, 6) is 0.0260. The summed E-state index contributed by atoms with van der Waals surface area (Å²) in [4.78, 5) is 14.3. The quantitative estimate of drug-likeness (QED) is 0.872. The molecule has 0 aliphatic heterocycles. The second kappa shape index (κ2) is 5.63. The van der Waals surface area contributed by atoms with Crippen molar-refractivity contribution < 1.29 is 9.90 Å². The minimum absolute atomic E-state index is 0.0260. The predicted octanol–water partition coefficient (Wildman–Crippen LogP) is 2.76. The second-order valence-corrected chi connectivity index (χ2v) is 7.45. The minimum Gasteiger partial charge on any atom is -0.393 e. The molecular formula is C15H23NO2S. The molecule has 1 amide bonds. The smallest absolute Gasteiger partial charge is 0.261 e. The van der Waals surface area contributed by atoms with Gasteiger partial charge in [-0.05, 0) is 49.7 Å². The molecule has 2 N–H and O–H groups in total. The molecule has 0 bridgehead atoms. The van der Waals surface area contributed by atoms with E-state index in [2.05, 4.69) is 19.2 Å². The zero-order valence-electron chi connectivity index (χ0n) is 12.0. The zero-order valence-corrected chi connectivity index (χ0v) is 12.8. The van der Waals surface area contributed by atoms with Crippen LogP contribution < -0.4 is 5.32 Å². The fourth-order valence-electron chi connectivity index (χ4n) is 2.72. The molecule has 1 aliphatic carbocycles. The standard InChI is InChI=1S/C15H23NO2S/c1-10(17)8-15(2,3)9-16-14(18)13-7-11-5-4-6-12(11)19-13/h7,10,17H,4-6,8-9H2,1-3H3,(H,16,18). The Bertz CT molecular complexity index is 441. The van der Waals surface area contributed by atoms with Gasteiger partial charge in [0.1, 0.15) is 0 Å². The molecule has 0 fully saturated rings. The molecule has 106 valence electrons. The third-order valence-corrected chi connectivity index (χ3v) is 4.78. The third-order valence-electron chi connectivity index (χ3n) is 3.55.